The summed E-state index contributed by atoms with van der Waals surface area (Å²) >= 11 is 0.929. The average molecular weight is 440 g/mol. The van der Waals surface area contributed by atoms with Crippen molar-refractivity contribution in [1.82, 2.24) is 14.9 Å². The van der Waals surface area contributed by atoms with Crippen molar-refractivity contribution in [2.75, 3.05) is 0 Å². The Balaban J connectivity index is 1.42. The number of rotatable bonds is 6. The van der Waals surface area contributed by atoms with Crippen LogP contribution < -0.4 is 5.32 Å². The van der Waals surface area contributed by atoms with Crippen LogP contribution in [-0.2, 0) is 11.3 Å². The average Bonchev–Trinajstić information content (AvgIpc) is 3.37. The number of hydrogen-bond donors (Lipinski definition) is 1. The Morgan fingerprint density at radius 1 is 0.938 bits per heavy atom. The Morgan fingerprint density at radius 3 is 2.25 bits per heavy atom. The number of fused-ring (bicyclic) bond motifs is 1. The molecule has 5 rings (SSSR count). The summed E-state index contributed by atoms with van der Waals surface area (Å²) in [6.07, 6.45) is 4.55. The minimum Gasteiger partial charge on any atom is -0.331 e. The maximum Gasteiger partial charge on any atom is 0.290 e. The molecule has 32 heavy (non-hydrogen) atoms. The molecule has 0 aliphatic carbocycles. The number of carbonyl (C=O) groups excluding carboxylic acids is 2. The van der Waals surface area contributed by atoms with Crippen molar-refractivity contribution < 1.29 is 9.59 Å². The van der Waals surface area contributed by atoms with E-state index >= 15 is 0 Å². The summed E-state index contributed by atoms with van der Waals surface area (Å²) in [5, 5.41) is 1.96. The summed E-state index contributed by atoms with van der Waals surface area (Å²) in [5.41, 5.74) is 5.37. The molecule has 2 heterocycles. The molecule has 0 spiro atoms. The lowest BCUT2D eigenvalue weighted by Crippen LogP contribution is -2.17. The Labute approximate surface area is 190 Å². The minimum absolute atomic E-state index is 0.282. The highest BCUT2D eigenvalue weighted by atomic mass is 32.2. The van der Waals surface area contributed by atoms with Crippen LogP contribution in [0.4, 0.5) is 4.79 Å². The highest BCUT2D eigenvalue weighted by Crippen LogP contribution is 2.30. The van der Waals surface area contributed by atoms with Crippen molar-refractivity contribution in [2.24, 2.45) is 0 Å². The van der Waals surface area contributed by atoms with Crippen molar-refractivity contribution >= 4 is 40.0 Å². The lowest BCUT2D eigenvalue weighted by Gasteiger charge is -2.18. The highest BCUT2D eigenvalue weighted by molar-refractivity contribution is 8.18. The van der Waals surface area contributed by atoms with Gasteiger partial charge in [0.15, 0.2) is 0 Å². The van der Waals surface area contributed by atoms with Gasteiger partial charge < -0.3 is 4.57 Å². The molecule has 1 aliphatic heterocycles. The van der Waals surface area contributed by atoms with Gasteiger partial charge in [0.1, 0.15) is 0 Å². The highest BCUT2D eigenvalue weighted by Gasteiger charge is 2.25. The van der Waals surface area contributed by atoms with E-state index < -0.39 is 0 Å². The zero-order chi connectivity index (χ0) is 21.9. The van der Waals surface area contributed by atoms with Crippen LogP contribution in [0.15, 0.2) is 90.1 Å². The van der Waals surface area contributed by atoms with Gasteiger partial charge in [-0.3, -0.25) is 14.9 Å². The van der Waals surface area contributed by atoms with Crippen molar-refractivity contribution in [3.05, 3.63) is 107 Å². The van der Waals surface area contributed by atoms with E-state index in [1.54, 1.807) is 6.08 Å². The molecule has 1 aliphatic rings. The number of benzene rings is 3. The molecule has 1 aromatic heterocycles. The second-order valence-electron chi connectivity index (χ2n) is 7.70. The lowest BCUT2D eigenvalue weighted by atomic mass is 9.88. The molecule has 4 aromatic rings. The quantitative estimate of drug-likeness (QED) is 0.398. The molecule has 0 saturated carbocycles. The number of nitrogens with one attached hydrogen (secondary N) is 1. The number of nitrogens with zero attached hydrogens (tertiary/aromatic N) is 2. The molecule has 6 heteroatoms. The molecule has 2 amide bonds. The fourth-order valence-corrected chi connectivity index (χ4v) is 4.76. The van der Waals surface area contributed by atoms with E-state index in [0.717, 1.165) is 41.3 Å². The minimum atomic E-state index is -0.345. The monoisotopic (exact) mass is 439 g/mol. The summed E-state index contributed by atoms with van der Waals surface area (Å²) in [7, 11) is 0. The number of aromatic nitrogens is 2. The van der Waals surface area contributed by atoms with Crippen LogP contribution in [0.2, 0.25) is 0 Å². The summed E-state index contributed by atoms with van der Waals surface area (Å²) in [6.45, 7) is 0.804. The predicted molar refractivity (Wildman–Crippen MR) is 128 cm³/mol. The van der Waals surface area contributed by atoms with Crippen molar-refractivity contribution in [3.63, 3.8) is 0 Å². The molecule has 3 aromatic carbocycles. The van der Waals surface area contributed by atoms with Gasteiger partial charge >= 0.3 is 0 Å². The lowest BCUT2D eigenvalue weighted by molar-refractivity contribution is -0.115. The number of hydrogen-bond acceptors (Lipinski definition) is 4. The molecule has 0 atom stereocenters. The molecule has 5 nitrogen and oxygen atoms in total. The first-order valence-electron chi connectivity index (χ1n) is 10.5. The van der Waals surface area contributed by atoms with Crippen LogP contribution in [0, 0.1) is 0 Å². The van der Waals surface area contributed by atoms with Crippen molar-refractivity contribution in [2.45, 2.75) is 18.9 Å². The van der Waals surface area contributed by atoms with Crippen LogP contribution in [0.3, 0.4) is 0 Å². The molecule has 0 radical (unpaired) electrons. The van der Waals surface area contributed by atoms with Gasteiger partial charge in [0.2, 0.25) is 0 Å². The normalized spacial score (nSPS) is 15.1. The third kappa shape index (κ3) is 4.22. The van der Waals surface area contributed by atoms with Gasteiger partial charge in [0.25, 0.3) is 11.1 Å². The molecule has 1 N–H and O–H groups in total. The molecule has 0 bridgehead atoms. The SMILES string of the molecule is O=C1NC(=O)/C(=C\c2ccc3ncn(CCC(c4ccccc4)c4ccccc4)c3c2)S1. The summed E-state index contributed by atoms with van der Waals surface area (Å²) in [6, 6.07) is 27.0. The van der Waals surface area contributed by atoms with E-state index in [1.165, 1.54) is 11.1 Å². The van der Waals surface area contributed by atoms with Gasteiger partial charge in [-0.25, -0.2) is 4.98 Å². The molecule has 1 fully saturated rings. The third-order valence-corrected chi connectivity index (χ3v) is 6.46. The Kier molecular flexibility index (Phi) is 5.60. The Hall–Kier alpha value is -3.64. The molecular formula is C26H21N3O2S. The van der Waals surface area contributed by atoms with Crippen LogP contribution >= 0.6 is 11.8 Å². The van der Waals surface area contributed by atoms with Crippen LogP contribution in [-0.4, -0.2) is 20.7 Å². The van der Waals surface area contributed by atoms with E-state index in [4.69, 9.17) is 0 Å². The fourth-order valence-electron chi connectivity index (χ4n) is 4.08. The van der Waals surface area contributed by atoms with Gasteiger partial charge in [0, 0.05) is 12.5 Å². The maximum atomic E-state index is 11.9. The largest absolute Gasteiger partial charge is 0.331 e. The number of imidazole rings is 1. The molecule has 0 unspecified atom stereocenters. The predicted octanol–water partition coefficient (Wildman–Crippen LogP) is 5.58. The van der Waals surface area contributed by atoms with E-state index in [0.29, 0.717) is 4.91 Å². The van der Waals surface area contributed by atoms with E-state index in [-0.39, 0.29) is 17.1 Å². The van der Waals surface area contributed by atoms with E-state index in [2.05, 4.69) is 63.4 Å². The van der Waals surface area contributed by atoms with Gasteiger partial charge in [-0.1, -0.05) is 66.7 Å². The summed E-state index contributed by atoms with van der Waals surface area (Å²) in [5.74, 6) is -0.0630. The van der Waals surface area contributed by atoms with Crippen LogP contribution in [0.25, 0.3) is 17.1 Å². The standard InChI is InChI=1S/C26H21N3O2S/c30-25-24(32-26(31)28-25)16-18-11-12-22-23(15-18)29(17-27-22)14-13-21(19-7-3-1-4-8-19)20-9-5-2-6-10-20/h1-12,15-17,21H,13-14H2,(H,28,30,31)/b24-16+. The first-order valence-corrected chi connectivity index (χ1v) is 11.3. The number of aryl methyl sites for hydroxylation is 1. The van der Waals surface area contributed by atoms with Gasteiger partial charge in [-0.05, 0) is 53.1 Å². The van der Waals surface area contributed by atoms with Crippen molar-refractivity contribution in [3.8, 4) is 0 Å². The molecule has 158 valence electrons. The van der Waals surface area contributed by atoms with Gasteiger partial charge in [-0.2, -0.15) is 0 Å². The fraction of sp³-hybridized carbons (Fsp3) is 0.115. The number of amides is 2. The topological polar surface area (TPSA) is 64.0 Å². The summed E-state index contributed by atoms with van der Waals surface area (Å²) in [4.78, 5) is 28.3. The Morgan fingerprint density at radius 2 is 1.62 bits per heavy atom. The van der Waals surface area contributed by atoms with Gasteiger partial charge in [0.05, 0.1) is 22.3 Å². The van der Waals surface area contributed by atoms with E-state index in [9.17, 15) is 9.59 Å². The third-order valence-electron chi connectivity index (χ3n) is 5.65. The zero-order valence-electron chi connectivity index (χ0n) is 17.3. The number of imide groups is 1. The summed E-state index contributed by atoms with van der Waals surface area (Å²) < 4.78 is 2.16. The van der Waals surface area contributed by atoms with Crippen LogP contribution in [0.1, 0.15) is 29.0 Å². The molecular weight excluding hydrogens is 418 g/mol. The smallest absolute Gasteiger partial charge is 0.290 e. The maximum absolute atomic E-state index is 11.9. The first kappa shape index (κ1) is 20.3. The van der Waals surface area contributed by atoms with E-state index in [1.807, 2.05) is 36.7 Å². The zero-order valence-corrected chi connectivity index (χ0v) is 18.1. The second kappa shape index (κ2) is 8.85. The first-order chi connectivity index (χ1) is 15.7. The molecule has 1 saturated heterocycles. The van der Waals surface area contributed by atoms with Crippen molar-refractivity contribution in [1.29, 1.82) is 0 Å². The number of carbonyl (C=O) groups is 2. The Bertz CT molecular complexity index is 1270. The van der Waals surface area contributed by atoms with Crippen LogP contribution in [0.5, 0.6) is 0 Å². The second-order valence-corrected chi connectivity index (χ2v) is 8.72. The van der Waals surface area contributed by atoms with Gasteiger partial charge in [-0.15, -0.1) is 0 Å². The number of thioether (sulfide) groups is 1.